The lowest BCUT2D eigenvalue weighted by Gasteiger charge is -2.10. The third-order valence-corrected chi connectivity index (χ3v) is 4.12. The predicted octanol–water partition coefficient (Wildman–Crippen LogP) is 5.15. The van der Waals surface area contributed by atoms with E-state index >= 15 is 0 Å². The SMILES string of the molecule is CCOC(=O)c1cccc(OCCc2cccc(Oc3ccc(C#N)cc3)c2)c1. The number of carbonyl (C=O) groups is 1. The summed E-state index contributed by atoms with van der Waals surface area (Å²) in [6.07, 6.45) is 0.689. The molecule has 3 rings (SSSR count). The molecule has 5 nitrogen and oxygen atoms in total. The van der Waals surface area contributed by atoms with Crippen LogP contribution in [-0.2, 0) is 11.2 Å². The van der Waals surface area contributed by atoms with Gasteiger partial charge >= 0.3 is 5.97 Å². The highest BCUT2D eigenvalue weighted by atomic mass is 16.5. The van der Waals surface area contributed by atoms with Crippen LogP contribution in [0.3, 0.4) is 0 Å². The summed E-state index contributed by atoms with van der Waals surface area (Å²) < 4.78 is 16.6. The third-order valence-electron chi connectivity index (χ3n) is 4.12. The van der Waals surface area contributed by atoms with Crippen LogP contribution in [0.4, 0.5) is 0 Å². The molecule has 0 heterocycles. The topological polar surface area (TPSA) is 68.6 Å². The van der Waals surface area contributed by atoms with Crippen molar-refractivity contribution in [3.8, 4) is 23.3 Å². The molecule has 0 unspecified atom stereocenters. The van der Waals surface area contributed by atoms with E-state index in [9.17, 15) is 4.79 Å². The molecular formula is C24H21NO4. The number of carbonyl (C=O) groups excluding carboxylic acids is 1. The maximum absolute atomic E-state index is 11.8. The lowest BCUT2D eigenvalue weighted by atomic mass is 10.1. The van der Waals surface area contributed by atoms with Crippen LogP contribution in [0.1, 0.15) is 28.4 Å². The van der Waals surface area contributed by atoms with Crippen molar-refractivity contribution in [1.82, 2.24) is 0 Å². The highest BCUT2D eigenvalue weighted by Crippen LogP contribution is 2.23. The Morgan fingerprint density at radius 3 is 2.45 bits per heavy atom. The average molecular weight is 387 g/mol. The van der Waals surface area contributed by atoms with Gasteiger partial charge in [0.15, 0.2) is 0 Å². The second-order valence-electron chi connectivity index (χ2n) is 6.23. The molecule has 0 atom stereocenters. The molecule has 0 N–H and O–H groups in total. The Morgan fingerprint density at radius 2 is 1.69 bits per heavy atom. The van der Waals surface area contributed by atoms with Crippen molar-refractivity contribution in [1.29, 1.82) is 5.26 Å². The maximum atomic E-state index is 11.8. The highest BCUT2D eigenvalue weighted by Gasteiger charge is 2.07. The molecule has 3 aromatic rings. The quantitative estimate of drug-likeness (QED) is 0.500. The minimum atomic E-state index is -0.356. The smallest absolute Gasteiger partial charge is 0.338 e. The van der Waals surface area contributed by atoms with E-state index in [4.69, 9.17) is 19.5 Å². The van der Waals surface area contributed by atoms with E-state index in [0.29, 0.717) is 42.3 Å². The Morgan fingerprint density at radius 1 is 0.931 bits per heavy atom. The summed E-state index contributed by atoms with van der Waals surface area (Å²) in [5, 5.41) is 8.86. The zero-order valence-electron chi connectivity index (χ0n) is 16.1. The van der Waals surface area contributed by atoms with Crippen LogP contribution >= 0.6 is 0 Å². The second kappa shape index (κ2) is 9.95. The van der Waals surface area contributed by atoms with Gasteiger partial charge in [0.2, 0.25) is 0 Å². The molecule has 29 heavy (non-hydrogen) atoms. The summed E-state index contributed by atoms with van der Waals surface area (Å²) >= 11 is 0. The standard InChI is InChI=1S/C24H21NO4/c1-2-27-24(26)20-6-4-7-22(16-20)28-14-13-18-5-3-8-23(15-18)29-21-11-9-19(17-25)10-12-21/h3-12,15-16H,2,13-14H2,1H3. The van der Waals surface area contributed by atoms with Crippen molar-refractivity contribution in [2.45, 2.75) is 13.3 Å². The van der Waals surface area contributed by atoms with Gasteiger partial charge in [0.25, 0.3) is 0 Å². The van der Waals surface area contributed by atoms with Gasteiger partial charge < -0.3 is 14.2 Å². The molecule has 146 valence electrons. The maximum Gasteiger partial charge on any atom is 0.338 e. The van der Waals surface area contributed by atoms with Gasteiger partial charge in [0.1, 0.15) is 17.2 Å². The molecule has 0 aliphatic rings. The molecule has 0 aliphatic carbocycles. The van der Waals surface area contributed by atoms with Gasteiger partial charge in [-0.1, -0.05) is 18.2 Å². The Hall–Kier alpha value is -3.78. The van der Waals surface area contributed by atoms with Crippen molar-refractivity contribution < 1.29 is 19.0 Å². The fourth-order valence-corrected chi connectivity index (χ4v) is 2.71. The van der Waals surface area contributed by atoms with Gasteiger partial charge in [-0.15, -0.1) is 0 Å². The summed E-state index contributed by atoms with van der Waals surface area (Å²) in [6.45, 7) is 2.58. The van der Waals surface area contributed by atoms with Crippen molar-refractivity contribution >= 4 is 5.97 Å². The van der Waals surface area contributed by atoms with E-state index in [1.807, 2.05) is 30.3 Å². The third kappa shape index (κ3) is 5.85. The van der Waals surface area contributed by atoms with E-state index in [2.05, 4.69) is 6.07 Å². The zero-order valence-corrected chi connectivity index (χ0v) is 16.1. The van der Waals surface area contributed by atoms with E-state index in [-0.39, 0.29) is 5.97 Å². The molecule has 0 fully saturated rings. The van der Waals surface area contributed by atoms with Crippen LogP contribution in [0.15, 0.2) is 72.8 Å². The number of esters is 1. The first-order valence-electron chi connectivity index (χ1n) is 9.35. The lowest BCUT2D eigenvalue weighted by Crippen LogP contribution is -2.06. The average Bonchev–Trinajstić information content (AvgIpc) is 2.75. The molecule has 5 heteroatoms. The summed E-state index contributed by atoms with van der Waals surface area (Å²) in [7, 11) is 0. The summed E-state index contributed by atoms with van der Waals surface area (Å²) in [6, 6.07) is 23.8. The molecule has 0 spiro atoms. The minimum Gasteiger partial charge on any atom is -0.493 e. The Labute approximate surface area is 170 Å². The monoisotopic (exact) mass is 387 g/mol. The van der Waals surface area contributed by atoms with Crippen molar-refractivity contribution in [2.24, 2.45) is 0 Å². The molecule has 3 aromatic carbocycles. The first-order valence-corrected chi connectivity index (χ1v) is 9.35. The van der Waals surface area contributed by atoms with Gasteiger partial charge in [0, 0.05) is 6.42 Å². The van der Waals surface area contributed by atoms with E-state index in [1.165, 1.54) is 0 Å². The summed E-state index contributed by atoms with van der Waals surface area (Å²) in [5.41, 5.74) is 2.13. The zero-order chi connectivity index (χ0) is 20.5. The fourth-order valence-electron chi connectivity index (χ4n) is 2.71. The van der Waals surface area contributed by atoms with E-state index < -0.39 is 0 Å². The lowest BCUT2D eigenvalue weighted by molar-refractivity contribution is 0.0526. The predicted molar refractivity (Wildman–Crippen MR) is 109 cm³/mol. The molecule has 0 bridgehead atoms. The Balaban J connectivity index is 1.56. The Kier molecular flexibility index (Phi) is 6.85. The molecular weight excluding hydrogens is 366 g/mol. The normalized spacial score (nSPS) is 10.1. The molecule has 0 aromatic heterocycles. The van der Waals surface area contributed by atoms with Gasteiger partial charge in [-0.05, 0) is 67.1 Å². The van der Waals surface area contributed by atoms with Crippen molar-refractivity contribution in [3.05, 3.63) is 89.5 Å². The number of rotatable bonds is 8. The molecule has 0 saturated carbocycles. The first kappa shape index (κ1) is 20.0. The van der Waals surface area contributed by atoms with E-state index in [1.54, 1.807) is 49.4 Å². The van der Waals surface area contributed by atoms with Gasteiger partial charge in [-0.3, -0.25) is 0 Å². The van der Waals surface area contributed by atoms with Crippen molar-refractivity contribution in [3.63, 3.8) is 0 Å². The van der Waals surface area contributed by atoms with Crippen LogP contribution in [0.2, 0.25) is 0 Å². The largest absolute Gasteiger partial charge is 0.493 e. The number of ether oxygens (including phenoxy) is 3. The highest BCUT2D eigenvalue weighted by molar-refractivity contribution is 5.89. The summed E-state index contributed by atoms with van der Waals surface area (Å²) in [4.78, 5) is 11.8. The van der Waals surface area contributed by atoms with E-state index in [0.717, 1.165) is 11.3 Å². The minimum absolute atomic E-state index is 0.338. The number of hydrogen-bond acceptors (Lipinski definition) is 5. The number of nitrogens with zero attached hydrogens (tertiary/aromatic N) is 1. The second-order valence-corrected chi connectivity index (χ2v) is 6.23. The molecule has 0 saturated heterocycles. The summed E-state index contributed by atoms with van der Waals surface area (Å²) in [5.74, 6) is 1.66. The molecule has 0 radical (unpaired) electrons. The van der Waals surface area contributed by atoms with Crippen LogP contribution < -0.4 is 9.47 Å². The van der Waals surface area contributed by atoms with Crippen LogP contribution in [0.25, 0.3) is 0 Å². The van der Waals surface area contributed by atoms with Crippen LogP contribution in [0.5, 0.6) is 17.2 Å². The van der Waals surface area contributed by atoms with Crippen molar-refractivity contribution in [2.75, 3.05) is 13.2 Å². The number of hydrogen-bond donors (Lipinski definition) is 0. The number of nitriles is 1. The van der Waals surface area contributed by atoms with Gasteiger partial charge in [-0.25, -0.2) is 4.79 Å². The van der Waals surface area contributed by atoms with Crippen LogP contribution in [0, 0.1) is 11.3 Å². The number of benzene rings is 3. The molecule has 0 aliphatic heterocycles. The van der Waals surface area contributed by atoms with Gasteiger partial charge in [-0.2, -0.15) is 5.26 Å². The van der Waals surface area contributed by atoms with Gasteiger partial charge in [0.05, 0.1) is 30.4 Å². The first-order chi connectivity index (χ1) is 14.2. The molecule has 0 amide bonds. The Bertz CT molecular complexity index is 1010. The van der Waals surface area contributed by atoms with Crippen LogP contribution in [-0.4, -0.2) is 19.2 Å². The fraction of sp³-hybridized carbons (Fsp3) is 0.167.